The summed E-state index contributed by atoms with van der Waals surface area (Å²) in [7, 11) is 0. The molecule has 0 heterocycles. The van der Waals surface area contributed by atoms with E-state index in [9.17, 15) is 14.4 Å². The number of hydrogen-bond donors (Lipinski definition) is 2. The monoisotopic (exact) mass is 274 g/mol. The maximum Gasteiger partial charge on any atom is 0.408 e. The molecule has 7 heteroatoms. The Bertz CT molecular complexity index is 358. The van der Waals surface area contributed by atoms with Crippen LogP contribution in [0.15, 0.2) is 0 Å². The highest BCUT2D eigenvalue weighted by atomic mass is 16.7. The number of hydroxylamine groups is 1. The Hall–Kier alpha value is -1.79. The van der Waals surface area contributed by atoms with Crippen LogP contribution < -0.4 is 10.8 Å². The van der Waals surface area contributed by atoms with Crippen molar-refractivity contribution < 1.29 is 24.0 Å². The van der Waals surface area contributed by atoms with E-state index >= 15 is 0 Å². The Morgan fingerprint density at radius 2 is 1.58 bits per heavy atom. The third-order valence-corrected chi connectivity index (χ3v) is 1.93. The first-order valence-corrected chi connectivity index (χ1v) is 5.99. The van der Waals surface area contributed by atoms with E-state index in [0.29, 0.717) is 0 Å². The fourth-order valence-corrected chi connectivity index (χ4v) is 0.919. The molecule has 0 aliphatic rings. The average Bonchev–Trinajstić information content (AvgIpc) is 2.21. The molecule has 2 N–H and O–H groups in total. The molecule has 0 bridgehead atoms. The van der Waals surface area contributed by atoms with Crippen LogP contribution in [0.2, 0.25) is 0 Å². The molecule has 0 aromatic heterocycles. The minimum Gasteiger partial charge on any atom is -0.444 e. The van der Waals surface area contributed by atoms with E-state index < -0.39 is 29.1 Å². The van der Waals surface area contributed by atoms with Gasteiger partial charge in [0, 0.05) is 6.42 Å². The zero-order valence-corrected chi connectivity index (χ0v) is 12.2. The van der Waals surface area contributed by atoms with Crippen LogP contribution >= 0.6 is 0 Å². The third kappa shape index (κ3) is 7.28. The van der Waals surface area contributed by atoms with Crippen molar-refractivity contribution in [3.8, 4) is 0 Å². The summed E-state index contributed by atoms with van der Waals surface area (Å²) >= 11 is 0. The maximum atomic E-state index is 11.7. The molecule has 0 aromatic rings. The molecule has 110 valence electrons. The van der Waals surface area contributed by atoms with Crippen LogP contribution in [-0.2, 0) is 19.2 Å². The lowest BCUT2D eigenvalue weighted by Gasteiger charge is -2.27. The Labute approximate surface area is 113 Å². The van der Waals surface area contributed by atoms with Crippen LogP contribution in [0.4, 0.5) is 4.79 Å². The maximum absolute atomic E-state index is 11.7. The van der Waals surface area contributed by atoms with Gasteiger partial charge in [-0.05, 0) is 34.6 Å². The Balaban J connectivity index is 4.41. The standard InChI is InChI=1S/C12H22N2O5/c1-7-8(15)19-14-9(16)12(5,6)13-10(17)18-11(2,3)4/h7H2,1-6H3,(H,13,17)(H,14,16). The van der Waals surface area contributed by atoms with Gasteiger partial charge in [0.05, 0.1) is 0 Å². The lowest BCUT2D eigenvalue weighted by molar-refractivity contribution is -0.159. The summed E-state index contributed by atoms with van der Waals surface area (Å²) in [6.45, 7) is 9.66. The predicted molar refractivity (Wildman–Crippen MR) is 68.0 cm³/mol. The molecule has 0 atom stereocenters. The van der Waals surface area contributed by atoms with Gasteiger partial charge >= 0.3 is 12.1 Å². The number of rotatable bonds is 3. The Kier molecular flexibility index (Phi) is 5.80. The minimum atomic E-state index is -1.27. The zero-order valence-electron chi connectivity index (χ0n) is 12.2. The summed E-state index contributed by atoms with van der Waals surface area (Å²) in [5.74, 6) is -1.22. The van der Waals surface area contributed by atoms with Gasteiger partial charge in [0.2, 0.25) is 0 Å². The van der Waals surface area contributed by atoms with E-state index in [1.807, 2.05) is 5.48 Å². The molecule has 0 spiro atoms. The topological polar surface area (TPSA) is 93.7 Å². The van der Waals surface area contributed by atoms with Gasteiger partial charge < -0.3 is 14.9 Å². The zero-order chi connectivity index (χ0) is 15.3. The van der Waals surface area contributed by atoms with Crippen molar-refractivity contribution in [3.63, 3.8) is 0 Å². The van der Waals surface area contributed by atoms with Crippen molar-refractivity contribution in [2.24, 2.45) is 0 Å². The molecule has 0 aliphatic carbocycles. The smallest absolute Gasteiger partial charge is 0.408 e. The molecular weight excluding hydrogens is 252 g/mol. The van der Waals surface area contributed by atoms with Crippen LogP contribution in [0.5, 0.6) is 0 Å². The first-order valence-electron chi connectivity index (χ1n) is 5.99. The van der Waals surface area contributed by atoms with Crippen LogP contribution in [0.3, 0.4) is 0 Å². The summed E-state index contributed by atoms with van der Waals surface area (Å²) in [5, 5.41) is 2.39. The Morgan fingerprint density at radius 3 is 2.00 bits per heavy atom. The van der Waals surface area contributed by atoms with Gasteiger partial charge in [-0.3, -0.25) is 4.79 Å². The van der Waals surface area contributed by atoms with E-state index in [4.69, 9.17) is 4.74 Å². The molecule has 0 rings (SSSR count). The molecule has 0 aromatic carbocycles. The van der Waals surface area contributed by atoms with E-state index in [2.05, 4.69) is 10.2 Å². The number of hydrogen-bond acceptors (Lipinski definition) is 5. The highest BCUT2D eigenvalue weighted by Crippen LogP contribution is 2.09. The molecule has 0 unspecified atom stereocenters. The van der Waals surface area contributed by atoms with E-state index in [1.54, 1.807) is 27.7 Å². The largest absolute Gasteiger partial charge is 0.444 e. The summed E-state index contributed by atoms with van der Waals surface area (Å²) < 4.78 is 5.03. The van der Waals surface area contributed by atoms with Crippen molar-refractivity contribution in [1.82, 2.24) is 10.8 Å². The van der Waals surface area contributed by atoms with Crippen LogP contribution in [0.1, 0.15) is 48.0 Å². The quantitative estimate of drug-likeness (QED) is 0.756. The molecule has 0 saturated carbocycles. The third-order valence-electron chi connectivity index (χ3n) is 1.93. The molecule has 0 aliphatic heterocycles. The lowest BCUT2D eigenvalue weighted by Crippen LogP contribution is -2.55. The summed E-state index contributed by atoms with van der Waals surface area (Å²) in [6, 6.07) is 0. The normalized spacial score (nSPS) is 11.5. The number of nitrogens with one attached hydrogen (secondary N) is 2. The molecule has 2 amide bonds. The van der Waals surface area contributed by atoms with Crippen LogP contribution in [0.25, 0.3) is 0 Å². The fourth-order valence-electron chi connectivity index (χ4n) is 0.919. The second-order valence-electron chi connectivity index (χ2n) is 5.51. The SMILES string of the molecule is CCC(=O)ONC(=O)C(C)(C)NC(=O)OC(C)(C)C. The number of carbonyl (C=O) groups is 3. The second-order valence-corrected chi connectivity index (χ2v) is 5.51. The van der Waals surface area contributed by atoms with Gasteiger partial charge in [0.25, 0.3) is 5.91 Å². The summed E-state index contributed by atoms with van der Waals surface area (Å²) in [5.41, 5.74) is 0.0542. The van der Waals surface area contributed by atoms with E-state index in [0.717, 1.165) is 0 Å². The van der Waals surface area contributed by atoms with Gasteiger partial charge in [0.15, 0.2) is 0 Å². The average molecular weight is 274 g/mol. The van der Waals surface area contributed by atoms with Gasteiger partial charge in [-0.25, -0.2) is 9.59 Å². The molecule has 19 heavy (non-hydrogen) atoms. The van der Waals surface area contributed by atoms with Crippen molar-refractivity contribution in [2.75, 3.05) is 0 Å². The van der Waals surface area contributed by atoms with E-state index in [1.165, 1.54) is 13.8 Å². The van der Waals surface area contributed by atoms with Crippen molar-refractivity contribution in [3.05, 3.63) is 0 Å². The highest BCUT2D eigenvalue weighted by molar-refractivity contribution is 5.89. The fraction of sp³-hybridized carbons (Fsp3) is 0.750. The number of ether oxygens (including phenoxy) is 1. The van der Waals surface area contributed by atoms with Crippen molar-refractivity contribution in [1.29, 1.82) is 0 Å². The van der Waals surface area contributed by atoms with Crippen molar-refractivity contribution >= 4 is 18.0 Å². The summed E-state index contributed by atoms with van der Waals surface area (Å²) in [4.78, 5) is 38.7. The Morgan fingerprint density at radius 1 is 1.05 bits per heavy atom. The minimum absolute atomic E-state index is 0.139. The molecule has 0 radical (unpaired) electrons. The van der Waals surface area contributed by atoms with Gasteiger partial charge in [0.1, 0.15) is 11.1 Å². The van der Waals surface area contributed by atoms with Gasteiger partial charge in [-0.1, -0.05) is 6.92 Å². The molecule has 7 nitrogen and oxygen atoms in total. The second kappa shape index (κ2) is 6.40. The first-order chi connectivity index (χ1) is 8.48. The van der Waals surface area contributed by atoms with Crippen molar-refractivity contribution in [2.45, 2.75) is 59.1 Å². The lowest BCUT2D eigenvalue weighted by atomic mass is 10.1. The molecule has 0 fully saturated rings. The van der Waals surface area contributed by atoms with E-state index in [-0.39, 0.29) is 6.42 Å². The molecular formula is C12H22N2O5. The van der Waals surface area contributed by atoms with Gasteiger partial charge in [-0.2, -0.15) is 5.48 Å². The number of amides is 2. The highest BCUT2D eigenvalue weighted by Gasteiger charge is 2.32. The van der Waals surface area contributed by atoms with Gasteiger partial charge in [-0.15, -0.1) is 0 Å². The van der Waals surface area contributed by atoms with Crippen LogP contribution in [-0.4, -0.2) is 29.1 Å². The number of carbonyl (C=O) groups excluding carboxylic acids is 3. The molecule has 0 saturated heterocycles. The predicted octanol–water partition coefficient (Wildman–Crippen LogP) is 1.27. The summed E-state index contributed by atoms with van der Waals surface area (Å²) in [6.07, 6.45) is -0.588. The van der Waals surface area contributed by atoms with Crippen LogP contribution in [0, 0.1) is 0 Å². The first kappa shape index (κ1) is 17.2. The number of alkyl carbamates (subject to hydrolysis) is 1.